The molecule has 27 heavy (non-hydrogen) atoms. The van der Waals surface area contributed by atoms with Crippen molar-refractivity contribution in [3.8, 4) is 5.75 Å². The van der Waals surface area contributed by atoms with E-state index < -0.39 is 5.82 Å². The summed E-state index contributed by atoms with van der Waals surface area (Å²) in [7, 11) is 1.39. The number of halogens is 1. The van der Waals surface area contributed by atoms with E-state index in [9.17, 15) is 14.0 Å². The van der Waals surface area contributed by atoms with Crippen LogP contribution in [0, 0.1) is 5.82 Å². The van der Waals surface area contributed by atoms with Crippen molar-refractivity contribution < 1.29 is 18.7 Å². The van der Waals surface area contributed by atoms with Crippen molar-refractivity contribution in [2.45, 2.75) is 20.4 Å². The second kappa shape index (κ2) is 9.52. The highest BCUT2D eigenvalue weighted by Gasteiger charge is 2.08. The monoisotopic (exact) mass is 370 g/mol. The van der Waals surface area contributed by atoms with Crippen molar-refractivity contribution in [2.75, 3.05) is 19.0 Å². The standard InChI is InChI=1S/C21H23FN2O3/c1-4-24(15(2)25)14-17-6-5-7-18(12-17)23-21(26)11-9-16-8-10-20(27-3)19(22)13-16/h5-13H,4,14H2,1-3H3,(H,23,26)/b11-9+. The van der Waals surface area contributed by atoms with Crippen molar-refractivity contribution in [1.29, 1.82) is 0 Å². The molecule has 0 radical (unpaired) electrons. The van der Waals surface area contributed by atoms with Gasteiger partial charge in [-0.25, -0.2) is 4.39 Å². The van der Waals surface area contributed by atoms with E-state index in [-0.39, 0.29) is 17.6 Å². The van der Waals surface area contributed by atoms with E-state index in [1.165, 1.54) is 38.3 Å². The highest BCUT2D eigenvalue weighted by Crippen LogP contribution is 2.18. The largest absolute Gasteiger partial charge is 0.494 e. The van der Waals surface area contributed by atoms with E-state index >= 15 is 0 Å². The number of amides is 2. The molecule has 0 heterocycles. The van der Waals surface area contributed by atoms with Crippen LogP contribution < -0.4 is 10.1 Å². The van der Waals surface area contributed by atoms with Crippen molar-refractivity contribution in [3.05, 3.63) is 65.5 Å². The molecule has 6 heteroatoms. The van der Waals surface area contributed by atoms with Gasteiger partial charge in [-0.05, 0) is 48.4 Å². The number of benzene rings is 2. The second-order valence-corrected chi connectivity index (χ2v) is 5.95. The summed E-state index contributed by atoms with van der Waals surface area (Å²) in [6.07, 6.45) is 2.86. The average molecular weight is 370 g/mol. The van der Waals surface area contributed by atoms with Crippen LogP contribution in [0.1, 0.15) is 25.0 Å². The number of carbonyl (C=O) groups excluding carboxylic acids is 2. The summed E-state index contributed by atoms with van der Waals surface area (Å²) >= 11 is 0. The van der Waals surface area contributed by atoms with Crippen LogP contribution in [0.3, 0.4) is 0 Å². The smallest absolute Gasteiger partial charge is 0.248 e. The van der Waals surface area contributed by atoms with Gasteiger partial charge in [0.25, 0.3) is 0 Å². The van der Waals surface area contributed by atoms with Gasteiger partial charge in [-0.3, -0.25) is 9.59 Å². The molecule has 0 saturated heterocycles. The molecule has 0 spiro atoms. The maximum absolute atomic E-state index is 13.7. The highest BCUT2D eigenvalue weighted by atomic mass is 19.1. The van der Waals surface area contributed by atoms with Gasteiger partial charge < -0.3 is 15.0 Å². The zero-order chi connectivity index (χ0) is 19.8. The number of ether oxygens (including phenoxy) is 1. The average Bonchev–Trinajstić information content (AvgIpc) is 2.64. The van der Waals surface area contributed by atoms with Gasteiger partial charge >= 0.3 is 0 Å². The fraction of sp³-hybridized carbons (Fsp3) is 0.238. The van der Waals surface area contributed by atoms with Crippen LogP contribution in [0.2, 0.25) is 0 Å². The Bertz CT molecular complexity index is 849. The van der Waals surface area contributed by atoms with Gasteiger partial charge in [-0.2, -0.15) is 0 Å². The van der Waals surface area contributed by atoms with Crippen LogP contribution >= 0.6 is 0 Å². The predicted octanol–water partition coefficient (Wildman–Crippen LogP) is 3.85. The van der Waals surface area contributed by atoms with E-state index in [2.05, 4.69) is 5.32 Å². The number of carbonyl (C=O) groups is 2. The van der Waals surface area contributed by atoms with Crippen molar-refractivity contribution in [2.24, 2.45) is 0 Å². The van der Waals surface area contributed by atoms with Crippen molar-refractivity contribution >= 4 is 23.6 Å². The quantitative estimate of drug-likeness (QED) is 0.753. The lowest BCUT2D eigenvalue weighted by molar-refractivity contribution is -0.129. The third-order valence-corrected chi connectivity index (χ3v) is 4.00. The highest BCUT2D eigenvalue weighted by molar-refractivity contribution is 6.01. The number of methoxy groups -OCH3 is 1. The molecule has 0 saturated carbocycles. The fourth-order valence-electron chi connectivity index (χ4n) is 2.56. The molecular weight excluding hydrogens is 347 g/mol. The lowest BCUT2D eigenvalue weighted by atomic mass is 10.1. The Morgan fingerprint density at radius 1 is 1.22 bits per heavy atom. The third-order valence-electron chi connectivity index (χ3n) is 4.00. The molecule has 1 N–H and O–H groups in total. The van der Waals surface area contributed by atoms with Crippen LogP contribution in [0.25, 0.3) is 6.08 Å². The van der Waals surface area contributed by atoms with Crippen LogP contribution in [-0.2, 0) is 16.1 Å². The first-order chi connectivity index (χ1) is 12.9. The van der Waals surface area contributed by atoms with Crippen molar-refractivity contribution in [3.63, 3.8) is 0 Å². The Morgan fingerprint density at radius 2 is 2.00 bits per heavy atom. The van der Waals surface area contributed by atoms with E-state index in [1.54, 1.807) is 17.0 Å². The minimum Gasteiger partial charge on any atom is -0.494 e. The zero-order valence-electron chi connectivity index (χ0n) is 15.7. The maximum Gasteiger partial charge on any atom is 0.248 e. The lowest BCUT2D eigenvalue weighted by Crippen LogP contribution is -2.27. The van der Waals surface area contributed by atoms with Gasteiger partial charge in [0.2, 0.25) is 11.8 Å². The lowest BCUT2D eigenvalue weighted by Gasteiger charge is -2.19. The summed E-state index contributed by atoms with van der Waals surface area (Å²) in [6.45, 7) is 4.55. The molecule has 0 aliphatic rings. The number of hydrogen-bond acceptors (Lipinski definition) is 3. The molecule has 142 valence electrons. The van der Waals surface area contributed by atoms with Crippen molar-refractivity contribution in [1.82, 2.24) is 4.90 Å². The summed E-state index contributed by atoms with van der Waals surface area (Å²) in [5, 5.41) is 2.76. The van der Waals surface area contributed by atoms with Gasteiger partial charge in [-0.15, -0.1) is 0 Å². The Hall–Kier alpha value is -3.15. The van der Waals surface area contributed by atoms with Gasteiger partial charge in [-0.1, -0.05) is 18.2 Å². The first kappa shape index (κ1) is 20.2. The minimum absolute atomic E-state index is 0.00148. The van der Waals surface area contributed by atoms with Gasteiger partial charge in [0, 0.05) is 31.8 Å². The number of rotatable bonds is 7. The van der Waals surface area contributed by atoms with Gasteiger partial charge in [0.15, 0.2) is 11.6 Å². The molecule has 2 rings (SSSR count). The molecule has 0 bridgehead atoms. The first-order valence-corrected chi connectivity index (χ1v) is 8.60. The minimum atomic E-state index is -0.487. The summed E-state index contributed by atoms with van der Waals surface area (Å²) in [6, 6.07) is 11.8. The van der Waals surface area contributed by atoms with Crippen LogP contribution in [0.15, 0.2) is 48.5 Å². The van der Waals surface area contributed by atoms with E-state index in [4.69, 9.17) is 4.74 Å². The van der Waals surface area contributed by atoms with E-state index in [1.807, 2.05) is 25.1 Å². The van der Waals surface area contributed by atoms with Gasteiger partial charge in [0.05, 0.1) is 7.11 Å². The topological polar surface area (TPSA) is 58.6 Å². The molecule has 0 aliphatic heterocycles. The molecule has 2 aromatic carbocycles. The second-order valence-electron chi connectivity index (χ2n) is 5.95. The first-order valence-electron chi connectivity index (χ1n) is 8.60. The van der Waals surface area contributed by atoms with E-state index in [0.29, 0.717) is 24.3 Å². The molecule has 0 aliphatic carbocycles. The maximum atomic E-state index is 13.7. The molecule has 0 atom stereocenters. The molecule has 0 aromatic heterocycles. The van der Waals surface area contributed by atoms with E-state index in [0.717, 1.165) is 5.56 Å². The zero-order valence-corrected chi connectivity index (χ0v) is 15.7. The molecular formula is C21H23FN2O3. The Balaban J connectivity index is 2.02. The Labute approximate surface area is 158 Å². The summed E-state index contributed by atoms with van der Waals surface area (Å²) in [5.41, 5.74) is 2.10. The fourth-order valence-corrected chi connectivity index (χ4v) is 2.56. The normalized spacial score (nSPS) is 10.7. The van der Waals surface area contributed by atoms with Gasteiger partial charge in [0.1, 0.15) is 0 Å². The third kappa shape index (κ3) is 5.95. The number of nitrogens with zero attached hydrogens (tertiary/aromatic N) is 1. The summed E-state index contributed by atoms with van der Waals surface area (Å²) in [4.78, 5) is 25.4. The molecule has 2 aromatic rings. The molecule has 5 nitrogen and oxygen atoms in total. The number of hydrogen-bond donors (Lipinski definition) is 1. The summed E-state index contributed by atoms with van der Waals surface area (Å²) < 4.78 is 18.5. The SMILES string of the molecule is CCN(Cc1cccc(NC(=O)/C=C/c2ccc(OC)c(F)c2)c1)C(C)=O. The number of nitrogens with one attached hydrogen (secondary N) is 1. The molecule has 2 amide bonds. The predicted molar refractivity (Wildman–Crippen MR) is 104 cm³/mol. The Morgan fingerprint density at radius 3 is 2.63 bits per heavy atom. The number of anilines is 1. The Kier molecular flexibility index (Phi) is 7.11. The molecule has 0 fully saturated rings. The summed E-state index contributed by atoms with van der Waals surface area (Å²) in [5.74, 6) is -0.664. The molecule has 0 unspecified atom stereocenters. The van der Waals surface area contributed by atoms with Crippen LogP contribution in [0.5, 0.6) is 5.75 Å². The van der Waals surface area contributed by atoms with Crippen LogP contribution in [-0.4, -0.2) is 30.4 Å². The van der Waals surface area contributed by atoms with Crippen LogP contribution in [0.4, 0.5) is 10.1 Å².